The van der Waals surface area contributed by atoms with Crippen molar-refractivity contribution in [2.45, 2.75) is 56.7 Å². The fourth-order valence-corrected chi connectivity index (χ4v) is 2.29. The van der Waals surface area contributed by atoms with Gasteiger partial charge in [0.1, 0.15) is 0 Å². The van der Waals surface area contributed by atoms with Gasteiger partial charge in [-0.2, -0.15) is 0 Å². The van der Waals surface area contributed by atoms with E-state index >= 15 is 0 Å². The molecular formula is C10H20N2. The second-order valence-electron chi connectivity index (χ2n) is 4.47. The molecule has 12 heavy (non-hydrogen) atoms. The maximum atomic E-state index is 5.87. The van der Waals surface area contributed by atoms with E-state index < -0.39 is 0 Å². The Bertz CT molecular complexity index is 146. The fraction of sp³-hybridized carbons (Fsp3) is 1.00. The molecule has 2 nitrogen and oxygen atoms in total. The first-order valence-electron chi connectivity index (χ1n) is 5.25. The van der Waals surface area contributed by atoms with E-state index in [1.54, 1.807) is 0 Å². The molecule has 0 unspecified atom stereocenters. The summed E-state index contributed by atoms with van der Waals surface area (Å²) in [6.45, 7) is 0. The predicted molar refractivity (Wildman–Crippen MR) is 51.0 cm³/mol. The van der Waals surface area contributed by atoms with Crippen LogP contribution in [0.3, 0.4) is 0 Å². The number of rotatable bonds is 2. The highest BCUT2D eigenvalue weighted by Gasteiger charge is 2.32. The van der Waals surface area contributed by atoms with Crippen LogP contribution in [0, 0.1) is 0 Å². The topological polar surface area (TPSA) is 29.3 Å². The summed E-state index contributed by atoms with van der Waals surface area (Å²) in [4.78, 5) is 2.59. The van der Waals surface area contributed by atoms with E-state index in [2.05, 4.69) is 11.9 Å². The van der Waals surface area contributed by atoms with Crippen LogP contribution in [0.25, 0.3) is 0 Å². The van der Waals surface area contributed by atoms with Crippen molar-refractivity contribution in [1.29, 1.82) is 0 Å². The zero-order valence-electron chi connectivity index (χ0n) is 8.00. The monoisotopic (exact) mass is 168 g/mol. The number of hydrogen-bond donors (Lipinski definition) is 1. The molecule has 2 N–H and O–H groups in total. The van der Waals surface area contributed by atoms with E-state index in [0.29, 0.717) is 6.04 Å². The van der Waals surface area contributed by atoms with Crippen LogP contribution in [0.4, 0.5) is 0 Å². The maximum absolute atomic E-state index is 5.87. The predicted octanol–water partition coefficient (Wildman–Crippen LogP) is 1.35. The van der Waals surface area contributed by atoms with E-state index in [-0.39, 0.29) is 0 Å². The van der Waals surface area contributed by atoms with Crippen molar-refractivity contribution in [1.82, 2.24) is 4.90 Å². The number of nitrogens with zero attached hydrogens (tertiary/aromatic N) is 1. The molecule has 0 aromatic rings. The molecule has 2 fully saturated rings. The summed E-state index contributed by atoms with van der Waals surface area (Å²) in [6, 6.07) is 2.26. The molecule has 0 radical (unpaired) electrons. The summed E-state index contributed by atoms with van der Waals surface area (Å²) >= 11 is 0. The molecule has 2 heteroatoms. The molecule has 0 aliphatic heterocycles. The lowest BCUT2D eigenvalue weighted by atomic mass is 9.91. The molecule has 2 aliphatic rings. The van der Waals surface area contributed by atoms with Gasteiger partial charge in [0.2, 0.25) is 0 Å². The molecule has 0 amide bonds. The van der Waals surface area contributed by atoms with Crippen LogP contribution in [0.15, 0.2) is 0 Å². The first-order chi connectivity index (χ1) is 5.77. The van der Waals surface area contributed by atoms with Gasteiger partial charge in [0.25, 0.3) is 0 Å². The summed E-state index contributed by atoms with van der Waals surface area (Å²) in [7, 11) is 2.29. The number of hydrogen-bond acceptors (Lipinski definition) is 2. The Morgan fingerprint density at radius 3 is 1.75 bits per heavy atom. The Hall–Kier alpha value is -0.0800. The molecule has 0 aromatic carbocycles. The van der Waals surface area contributed by atoms with Crippen molar-refractivity contribution in [2.75, 3.05) is 7.05 Å². The second-order valence-corrected chi connectivity index (χ2v) is 4.47. The summed E-state index contributed by atoms with van der Waals surface area (Å²) in [5.74, 6) is 0. The molecule has 2 saturated carbocycles. The van der Waals surface area contributed by atoms with Crippen LogP contribution < -0.4 is 5.73 Å². The van der Waals surface area contributed by atoms with E-state index in [0.717, 1.165) is 12.1 Å². The average molecular weight is 168 g/mol. The first kappa shape index (κ1) is 8.52. The van der Waals surface area contributed by atoms with Gasteiger partial charge in [-0.3, -0.25) is 0 Å². The Balaban J connectivity index is 1.80. The van der Waals surface area contributed by atoms with Crippen LogP contribution in [0.2, 0.25) is 0 Å². The average Bonchev–Trinajstić information content (AvgIpc) is 2.87. The molecule has 0 aromatic heterocycles. The van der Waals surface area contributed by atoms with E-state index in [9.17, 15) is 0 Å². The van der Waals surface area contributed by atoms with Crippen molar-refractivity contribution in [2.24, 2.45) is 5.73 Å². The molecule has 0 heterocycles. The normalized spacial score (nSPS) is 37.2. The van der Waals surface area contributed by atoms with Crippen molar-refractivity contribution in [3.05, 3.63) is 0 Å². The van der Waals surface area contributed by atoms with Gasteiger partial charge in [0, 0.05) is 18.1 Å². The second kappa shape index (κ2) is 3.35. The third kappa shape index (κ3) is 1.80. The summed E-state index contributed by atoms with van der Waals surface area (Å²) in [5, 5.41) is 0. The molecule has 2 rings (SSSR count). The summed E-state index contributed by atoms with van der Waals surface area (Å²) in [6.07, 6.45) is 7.99. The minimum Gasteiger partial charge on any atom is -0.328 e. The van der Waals surface area contributed by atoms with Gasteiger partial charge < -0.3 is 10.6 Å². The third-order valence-corrected chi connectivity index (χ3v) is 3.44. The molecule has 0 atom stereocenters. The molecule has 0 spiro atoms. The van der Waals surface area contributed by atoms with Crippen LogP contribution in [0.1, 0.15) is 38.5 Å². The quantitative estimate of drug-likeness (QED) is 0.674. The van der Waals surface area contributed by atoms with Crippen LogP contribution in [0.5, 0.6) is 0 Å². The standard InChI is InChI=1S/C10H20N2/c1-12(10-6-7-10)9-4-2-8(11)3-5-9/h8-10H,2-7,11H2,1H3/t8-,9-. The Morgan fingerprint density at radius 1 is 0.917 bits per heavy atom. The zero-order chi connectivity index (χ0) is 8.55. The van der Waals surface area contributed by atoms with Crippen molar-refractivity contribution in [3.63, 3.8) is 0 Å². The molecular weight excluding hydrogens is 148 g/mol. The van der Waals surface area contributed by atoms with E-state index in [1.165, 1.54) is 38.5 Å². The fourth-order valence-electron chi connectivity index (χ4n) is 2.29. The minimum absolute atomic E-state index is 0.494. The van der Waals surface area contributed by atoms with Gasteiger partial charge in [-0.1, -0.05) is 0 Å². The molecule has 0 bridgehead atoms. The van der Waals surface area contributed by atoms with Gasteiger partial charge in [-0.25, -0.2) is 0 Å². The lowest BCUT2D eigenvalue weighted by Gasteiger charge is -2.33. The largest absolute Gasteiger partial charge is 0.328 e. The first-order valence-corrected chi connectivity index (χ1v) is 5.25. The third-order valence-electron chi connectivity index (χ3n) is 3.44. The Morgan fingerprint density at radius 2 is 1.33 bits per heavy atom. The van der Waals surface area contributed by atoms with Crippen molar-refractivity contribution in [3.8, 4) is 0 Å². The Labute approximate surface area is 75.1 Å². The maximum Gasteiger partial charge on any atom is 0.00963 e. The molecule has 70 valence electrons. The number of nitrogens with two attached hydrogens (primary N) is 1. The summed E-state index contributed by atoms with van der Waals surface area (Å²) < 4.78 is 0. The van der Waals surface area contributed by atoms with Crippen molar-refractivity contribution >= 4 is 0 Å². The van der Waals surface area contributed by atoms with Crippen LogP contribution >= 0.6 is 0 Å². The van der Waals surface area contributed by atoms with Crippen LogP contribution in [-0.4, -0.2) is 30.1 Å². The van der Waals surface area contributed by atoms with Gasteiger partial charge in [-0.15, -0.1) is 0 Å². The van der Waals surface area contributed by atoms with E-state index in [4.69, 9.17) is 5.73 Å². The van der Waals surface area contributed by atoms with Gasteiger partial charge >= 0.3 is 0 Å². The molecule has 2 aliphatic carbocycles. The van der Waals surface area contributed by atoms with Gasteiger partial charge in [0.15, 0.2) is 0 Å². The smallest absolute Gasteiger partial charge is 0.00963 e. The van der Waals surface area contributed by atoms with Crippen LogP contribution in [-0.2, 0) is 0 Å². The Kier molecular flexibility index (Phi) is 2.37. The van der Waals surface area contributed by atoms with Crippen molar-refractivity contribution < 1.29 is 0 Å². The lowest BCUT2D eigenvalue weighted by Crippen LogP contribution is -2.39. The highest BCUT2D eigenvalue weighted by Crippen LogP contribution is 2.31. The lowest BCUT2D eigenvalue weighted by molar-refractivity contribution is 0.175. The molecule has 0 saturated heterocycles. The summed E-state index contributed by atoms with van der Waals surface area (Å²) in [5.41, 5.74) is 5.87. The zero-order valence-corrected chi connectivity index (χ0v) is 8.00. The highest BCUT2D eigenvalue weighted by molar-refractivity contribution is 4.89. The van der Waals surface area contributed by atoms with Gasteiger partial charge in [-0.05, 0) is 45.6 Å². The van der Waals surface area contributed by atoms with Gasteiger partial charge in [0.05, 0.1) is 0 Å². The van der Waals surface area contributed by atoms with E-state index in [1.807, 2.05) is 0 Å². The SMILES string of the molecule is CN(C1CC1)[C@H]1CC[C@H](N)CC1. The highest BCUT2D eigenvalue weighted by atomic mass is 15.2. The minimum atomic E-state index is 0.494.